The lowest BCUT2D eigenvalue weighted by Gasteiger charge is -2.08. The lowest BCUT2D eigenvalue weighted by molar-refractivity contribution is -0.126. The van der Waals surface area contributed by atoms with Gasteiger partial charge in [0.1, 0.15) is 17.8 Å². The Labute approximate surface area is 171 Å². The van der Waals surface area contributed by atoms with Crippen molar-refractivity contribution < 1.29 is 23.9 Å². The van der Waals surface area contributed by atoms with Crippen LogP contribution in [-0.4, -0.2) is 54.9 Å². The van der Waals surface area contributed by atoms with Gasteiger partial charge in [-0.2, -0.15) is 0 Å². The van der Waals surface area contributed by atoms with Crippen molar-refractivity contribution in [1.29, 1.82) is 0 Å². The molecule has 152 valence electrons. The number of ketones is 1. The van der Waals surface area contributed by atoms with E-state index < -0.39 is 0 Å². The number of aryl methyl sites for hydroxylation is 1. The molecule has 8 nitrogen and oxygen atoms in total. The van der Waals surface area contributed by atoms with Crippen molar-refractivity contribution >= 4 is 50.8 Å². The second-order valence-corrected chi connectivity index (χ2v) is 8.78. The Hall–Kier alpha value is -2.04. The Morgan fingerprint density at radius 2 is 1.68 bits per heavy atom. The van der Waals surface area contributed by atoms with E-state index in [2.05, 4.69) is 16.0 Å². The molecule has 0 spiro atoms. The quantitative estimate of drug-likeness (QED) is 0.340. The highest BCUT2D eigenvalue weighted by atomic mass is 33.2. The normalized spacial score (nSPS) is 12.9. The van der Waals surface area contributed by atoms with E-state index in [0.717, 1.165) is 5.56 Å². The topological polar surface area (TPSA) is 114 Å². The molecular formula is C18H23N3O5S2. The molecular weight excluding hydrogens is 402 g/mol. The van der Waals surface area contributed by atoms with Crippen LogP contribution in [-0.2, 0) is 30.3 Å². The largest absolute Gasteiger partial charge is 0.364 e. The average molecular weight is 426 g/mol. The van der Waals surface area contributed by atoms with E-state index in [0.29, 0.717) is 25.1 Å². The number of hydrogen-bond donors (Lipinski definition) is 3. The van der Waals surface area contributed by atoms with E-state index in [1.807, 2.05) is 12.1 Å². The van der Waals surface area contributed by atoms with Crippen molar-refractivity contribution in [2.24, 2.45) is 0 Å². The number of hydrogen-bond acceptors (Lipinski definition) is 7. The summed E-state index contributed by atoms with van der Waals surface area (Å²) in [5, 5.41) is 7.88. The van der Waals surface area contributed by atoms with Crippen LogP contribution in [0.2, 0.25) is 0 Å². The number of ether oxygens (including phenoxy) is 1. The summed E-state index contributed by atoms with van der Waals surface area (Å²) in [6, 6.07) is 7.16. The van der Waals surface area contributed by atoms with Gasteiger partial charge in [0.2, 0.25) is 17.7 Å². The van der Waals surface area contributed by atoms with E-state index in [1.54, 1.807) is 19.2 Å². The minimum atomic E-state index is -0.327. The first kappa shape index (κ1) is 22.3. The maximum Gasteiger partial charge on any atom is 0.250 e. The van der Waals surface area contributed by atoms with Crippen LogP contribution >= 0.6 is 21.6 Å². The van der Waals surface area contributed by atoms with E-state index in [9.17, 15) is 19.2 Å². The molecule has 0 unspecified atom stereocenters. The van der Waals surface area contributed by atoms with Crippen LogP contribution in [0, 0.1) is 0 Å². The average Bonchev–Trinajstić information content (AvgIpc) is 3.52. The first-order chi connectivity index (χ1) is 13.5. The summed E-state index contributed by atoms with van der Waals surface area (Å²) in [6.07, 6.45) is 1.13. The smallest absolute Gasteiger partial charge is 0.250 e. The van der Waals surface area contributed by atoms with Gasteiger partial charge in [-0.15, -0.1) is 0 Å². The molecule has 3 N–H and O–H groups in total. The van der Waals surface area contributed by atoms with E-state index in [-0.39, 0.29) is 47.7 Å². The summed E-state index contributed by atoms with van der Waals surface area (Å²) in [4.78, 5) is 46.1. The molecule has 1 aliphatic rings. The Kier molecular flexibility index (Phi) is 9.32. The molecule has 28 heavy (non-hydrogen) atoms. The molecule has 0 saturated carbocycles. The van der Waals surface area contributed by atoms with Crippen molar-refractivity contribution in [3.05, 3.63) is 29.8 Å². The van der Waals surface area contributed by atoms with Crippen molar-refractivity contribution in [2.75, 3.05) is 32.1 Å². The maximum atomic E-state index is 11.8. The van der Waals surface area contributed by atoms with Crippen LogP contribution in [0.4, 0.5) is 5.69 Å². The Morgan fingerprint density at radius 1 is 0.964 bits per heavy atom. The fraction of sp³-hybridized carbons (Fsp3) is 0.444. The van der Waals surface area contributed by atoms with Gasteiger partial charge in [0.15, 0.2) is 5.78 Å². The highest BCUT2D eigenvalue weighted by molar-refractivity contribution is 8.93. The molecule has 1 aliphatic heterocycles. The Morgan fingerprint density at radius 3 is 2.32 bits per heavy atom. The zero-order valence-electron chi connectivity index (χ0n) is 15.5. The Bertz CT molecular complexity index is 708. The number of benzene rings is 1. The third kappa shape index (κ3) is 8.77. The molecule has 10 heteroatoms. The monoisotopic (exact) mass is 425 g/mol. The number of rotatable bonds is 12. The van der Waals surface area contributed by atoms with Gasteiger partial charge in [-0.05, 0) is 24.1 Å². The van der Waals surface area contributed by atoms with E-state index >= 15 is 0 Å². The predicted octanol–water partition coefficient (Wildman–Crippen LogP) is 1.12. The van der Waals surface area contributed by atoms with Gasteiger partial charge in [0.05, 0.1) is 0 Å². The maximum absolute atomic E-state index is 11.8. The predicted molar refractivity (Wildman–Crippen MR) is 110 cm³/mol. The molecule has 1 aromatic carbocycles. The van der Waals surface area contributed by atoms with Crippen molar-refractivity contribution in [3.8, 4) is 0 Å². The van der Waals surface area contributed by atoms with Crippen LogP contribution in [0.5, 0.6) is 0 Å². The van der Waals surface area contributed by atoms with E-state index in [1.165, 1.54) is 21.6 Å². The zero-order chi connectivity index (χ0) is 20.4. The molecule has 0 atom stereocenters. The standard InChI is InChI=1S/C18H23N3O5S2/c1-19-15(23)8-9-20-16(24)7-4-12-2-5-13(6-3-12)21-17(25)11-26-10-14(22)18-27-28-18/h2-3,5-6,18H,4,7-11H2,1H3,(H,19,23)(H,20,24)(H,21,25). The molecule has 1 heterocycles. The number of anilines is 1. The zero-order valence-corrected chi connectivity index (χ0v) is 17.1. The first-order valence-electron chi connectivity index (χ1n) is 8.76. The summed E-state index contributed by atoms with van der Waals surface area (Å²) >= 11 is 0. The van der Waals surface area contributed by atoms with Crippen LogP contribution in [0.25, 0.3) is 0 Å². The van der Waals surface area contributed by atoms with E-state index in [4.69, 9.17) is 4.74 Å². The summed E-state index contributed by atoms with van der Waals surface area (Å²) in [5.74, 6) is -0.566. The molecule has 0 aliphatic carbocycles. The third-order valence-electron chi connectivity index (χ3n) is 3.76. The number of amides is 3. The van der Waals surface area contributed by atoms with Crippen LogP contribution < -0.4 is 16.0 Å². The number of carbonyl (C=O) groups excluding carboxylic acids is 4. The molecule has 2 rings (SSSR count). The molecule has 0 radical (unpaired) electrons. The third-order valence-corrected chi connectivity index (χ3v) is 5.83. The number of Topliss-reactive ketones (excluding diaryl/α,β-unsaturated/α-hetero) is 1. The SMILES string of the molecule is CNC(=O)CCNC(=O)CCc1ccc(NC(=O)COCC(=O)C2SS2)cc1. The van der Waals surface area contributed by atoms with Gasteiger partial charge in [0, 0.05) is 32.1 Å². The van der Waals surface area contributed by atoms with Gasteiger partial charge in [-0.1, -0.05) is 33.7 Å². The van der Waals surface area contributed by atoms with Gasteiger partial charge in [-0.25, -0.2) is 0 Å². The van der Waals surface area contributed by atoms with Crippen molar-refractivity contribution in [1.82, 2.24) is 10.6 Å². The number of nitrogens with one attached hydrogen (secondary N) is 3. The van der Waals surface area contributed by atoms with Gasteiger partial charge >= 0.3 is 0 Å². The summed E-state index contributed by atoms with van der Waals surface area (Å²) in [7, 11) is 4.55. The van der Waals surface area contributed by atoms with Crippen molar-refractivity contribution in [2.45, 2.75) is 23.8 Å². The highest BCUT2D eigenvalue weighted by Gasteiger charge is 2.32. The lowest BCUT2D eigenvalue weighted by atomic mass is 10.1. The molecule has 3 amide bonds. The fourth-order valence-electron chi connectivity index (χ4n) is 2.19. The van der Waals surface area contributed by atoms with Crippen LogP contribution in [0.1, 0.15) is 18.4 Å². The lowest BCUT2D eigenvalue weighted by Crippen LogP contribution is -2.29. The summed E-state index contributed by atoms with van der Waals surface area (Å²) in [6.45, 7) is 0.0868. The molecule has 0 bridgehead atoms. The Balaban J connectivity index is 1.62. The van der Waals surface area contributed by atoms with Gasteiger partial charge in [0.25, 0.3) is 0 Å². The second-order valence-electron chi connectivity index (χ2n) is 6.00. The summed E-state index contributed by atoms with van der Waals surface area (Å²) in [5.41, 5.74) is 1.58. The second kappa shape index (κ2) is 11.7. The minimum absolute atomic E-state index is 0.00943. The molecule has 0 aromatic heterocycles. The fourth-order valence-corrected chi connectivity index (χ4v) is 3.40. The van der Waals surface area contributed by atoms with Gasteiger partial charge in [-0.3, -0.25) is 19.2 Å². The summed E-state index contributed by atoms with van der Waals surface area (Å²) < 4.78 is 5.08. The van der Waals surface area contributed by atoms with Gasteiger partial charge < -0.3 is 20.7 Å². The van der Waals surface area contributed by atoms with Crippen molar-refractivity contribution in [3.63, 3.8) is 0 Å². The minimum Gasteiger partial charge on any atom is -0.364 e. The molecule has 1 fully saturated rings. The highest BCUT2D eigenvalue weighted by Crippen LogP contribution is 2.53. The molecule has 1 aromatic rings. The molecule has 1 saturated heterocycles. The van der Waals surface area contributed by atoms with Crippen LogP contribution in [0.3, 0.4) is 0 Å². The number of carbonyl (C=O) groups is 4. The first-order valence-corrected chi connectivity index (χ1v) is 11.0. The van der Waals surface area contributed by atoms with Crippen LogP contribution in [0.15, 0.2) is 24.3 Å².